The molecule has 2 fully saturated rings. The predicted octanol–water partition coefficient (Wildman–Crippen LogP) is 4.60. The maximum absolute atomic E-state index is 12.7. The molecule has 0 N–H and O–H groups in total. The zero-order chi connectivity index (χ0) is 20.3. The van der Waals surface area contributed by atoms with Gasteiger partial charge in [0, 0.05) is 24.7 Å². The highest BCUT2D eigenvalue weighted by molar-refractivity contribution is 5.54. The van der Waals surface area contributed by atoms with E-state index in [0.29, 0.717) is 29.9 Å². The standard InChI is InChI=1S/C21H27F3N4O/c22-21(23,24)17-7-5-16(6-8-17)20-25-19(29-26-20)15-27-13-9-18(10-14-27)28-11-3-1-2-4-12-28/h5-8,18H,1-4,9-15H2. The Morgan fingerprint density at radius 3 is 2.21 bits per heavy atom. The van der Waals surface area contributed by atoms with Crippen LogP contribution in [0.4, 0.5) is 13.2 Å². The molecule has 4 rings (SSSR count). The number of likely N-dealkylation sites (tertiary alicyclic amines) is 2. The molecule has 3 heterocycles. The van der Waals surface area contributed by atoms with E-state index in [-0.39, 0.29) is 0 Å². The highest BCUT2D eigenvalue weighted by atomic mass is 19.4. The van der Waals surface area contributed by atoms with Gasteiger partial charge in [-0.05, 0) is 50.9 Å². The predicted molar refractivity (Wildman–Crippen MR) is 103 cm³/mol. The van der Waals surface area contributed by atoms with Crippen molar-refractivity contribution in [1.82, 2.24) is 19.9 Å². The summed E-state index contributed by atoms with van der Waals surface area (Å²) in [6, 6.07) is 5.52. The van der Waals surface area contributed by atoms with Crippen molar-refractivity contribution in [2.24, 2.45) is 0 Å². The fraction of sp³-hybridized carbons (Fsp3) is 0.619. The van der Waals surface area contributed by atoms with E-state index in [4.69, 9.17) is 4.52 Å². The molecule has 5 nitrogen and oxygen atoms in total. The molecule has 0 saturated carbocycles. The smallest absolute Gasteiger partial charge is 0.338 e. The van der Waals surface area contributed by atoms with E-state index in [1.54, 1.807) is 0 Å². The molecule has 0 atom stereocenters. The van der Waals surface area contributed by atoms with Gasteiger partial charge in [-0.1, -0.05) is 30.1 Å². The van der Waals surface area contributed by atoms with Gasteiger partial charge in [0.15, 0.2) is 0 Å². The van der Waals surface area contributed by atoms with Gasteiger partial charge < -0.3 is 9.42 Å². The molecule has 1 aromatic carbocycles. The molecule has 2 saturated heterocycles. The number of benzene rings is 1. The largest absolute Gasteiger partial charge is 0.416 e. The first-order valence-electron chi connectivity index (χ1n) is 10.5. The Bertz CT molecular complexity index is 774. The Morgan fingerprint density at radius 1 is 0.931 bits per heavy atom. The average Bonchev–Trinajstić information content (AvgIpc) is 3.00. The third-order valence-corrected chi connectivity index (χ3v) is 6.01. The van der Waals surface area contributed by atoms with Crippen LogP contribution in [0.3, 0.4) is 0 Å². The van der Waals surface area contributed by atoms with Gasteiger partial charge in [-0.25, -0.2) is 0 Å². The number of aromatic nitrogens is 2. The van der Waals surface area contributed by atoms with Crippen LogP contribution in [0.25, 0.3) is 11.4 Å². The zero-order valence-corrected chi connectivity index (χ0v) is 16.5. The molecule has 2 aliphatic rings. The van der Waals surface area contributed by atoms with Crippen molar-refractivity contribution in [3.63, 3.8) is 0 Å². The maximum atomic E-state index is 12.7. The summed E-state index contributed by atoms with van der Waals surface area (Å²) in [6.07, 6.45) is 3.30. The molecule has 0 bridgehead atoms. The van der Waals surface area contributed by atoms with Gasteiger partial charge in [-0.2, -0.15) is 18.2 Å². The molecule has 0 radical (unpaired) electrons. The van der Waals surface area contributed by atoms with E-state index in [2.05, 4.69) is 19.9 Å². The SMILES string of the molecule is FC(F)(F)c1ccc(-c2noc(CN3CCC(N4CCCCCC4)CC3)n2)cc1. The Balaban J connectivity index is 1.31. The van der Waals surface area contributed by atoms with Crippen molar-refractivity contribution in [3.05, 3.63) is 35.7 Å². The van der Waals surface area contributed by atoms with Gasteiger partial charge in [-0.3, -0.25) is 4.90 Å². The first-order chi connectivity index (χ1) is 14.0. The molecule has 8 heteroatoms. The van der Waals surface area contributed by atoms with Crippen LogP contribution < -0.4 is 0 Å². The molecular weight excluding hydrogens is 381 g/mol. The van der Waals surface area contributed by atoms with E-state index in [1.165, 1.54) is 50.9 Å². The molecule has 0 unspecified atom stereocenters. The summed E-state index contributed by atoms with van der Waals surface area (Å²) in [7, 11) is 0. The number of hydrogen-bond donors (Lipinski definition) is 0. The molecule has 29 heavy (non-hydrogen) atoms. The Morgan fingerprint density at radius 2 is 1.59 bits per heavy atom. The van der Waals surface area contributed by atoms with Crippen molar-refractivity contribution in [2.75, 3.05) is 26.2 Å². The van der Waals surface area contributed by atoms with E-state index < -0.39 is 11.7 Å². The summed E-state index contributed by atoms with van der Waals surface area (Å²) in [6.45, 7) is 5.04. The van der Waals surface area contributed by atoms with Crippen molar-refractivity contribution in [3.8, 4) is 11.4 Å². The Kier molecular flexibility index (Phi) is 6.20. The first-order valence-corrected chi connectivity index (χ1v) is 10.5. The van der Waals surface area contributed by atoms with Crippen LogP contribution in [0.1, 0.15) is 50.0 Å². The average molecular weight is 408 g/mol. The quantitative estimate of drug-likeness (QED) is 0.740. The number of alkyl halides is 3. The van der Waals surface area contributed by atoms with Crippen molar-refractivity contribution in [1.29, 1.82) is 0 Å². The Hall–Kier alpha value is -1.93. The van der Waals surface area contributed by atoms with Crippen LogP contribution in [0, 0.1) is 0 Å². The van der Waals surface area contributed by atoms with Crippen LogP contribution in [-0.2, 0) is 12.7 Å². The van der Waals surface area contributed by atoms with Crippen LogP contribution in [0.2, 0.25) is 0 Å². The lowest BCUT2D eigenvalue weighted by molar-refractivity contribution is -0.137. The Labute approximate surface area is 168 Å². The third kappa shape index (κ3) is 5.17. The normalized spacial score (nSPS) is 20.7. The minimum absolute atomic E-state index is 0.327. The third-order valence-electron chi connectivity index (χ3n) is 6.01. The van der Waals surface area contributed by atoms with Crippen LogP contribution in [0.5, 0.6) is 0 Å². The summed E-state index contributed by atoms with van der Waals surface area (Å²) in [5.74, 6) is 0.835. The second-order valence-corrected chi connectivity index (χ2v) is 8.04. The zero-order valence-electron chi connectivity index (χ0n) is 16.5. The van der Waals surface area contributed by atoms with Crippen molar-refractivity contribution in [2.45, 2.75) is 57.3 Å². The summed E-state index contributed by atoms with van der Waals surface area (Å²) in [4.78, 5) is 9.36. The van der Waals surface area contributed by atoms with Gasteiger partial charge >= 0.3 is 6.18 Å². The lowest BCUT2D eigenvalue weighted by atomic mass is 10.0. The van der Waals surface area contributed by atoms with E-state index in [1.807, 2.05) is 0 Å². The summed E-state index contributed by atoms with van der Waals surface area (Å²) in [5.41, 5.74) is -0.162. The maximum Gasteiger partial charge on any atom is 0.416 e. The summed E-state index contributed by atoms with van der Waals surface area (Å²) < 4.78 is 43.4. The number of halogens is 3. The number of hydrogen-bond acceptors (Lipinski definition) is 5. The molecule has 1 aromatic heterocycles. The minimum atomic E-state index is -4.35. The van der Waals surface area contributed by atoms with Gasteiger partial charge in [0.05, 0.1) is 12.1 Å². The highest BCUT2D eigenvalue weighted by Gasteiger charge is 2.30. The fourth-order valence-electron chi connectivity index (χ4n) is 4.34. The van der Waals surface area contributed by atoms with Crippen molar-refractivity contribution < 1.29 is 17.7 Å². The minimum Gasteiger partial charge on any atom is -0.338 e. The second-order valence-electron chi connectivity index (χ2n) is 8.04. The molecule has 0 aliphatic carbocycles. The lowest BCUT2D eigenvalue weighted by Gasteiger charge is -2.37. The highest BCUT2D eigenvalue weighted by Crippen LogP contribution is 2.30. The second kappa shape index (κ2) is 8.83. The van der Waals surface area contributed by atoms with E-state index in [9.17, 15) is 13.2 Å². The van der Waals surface area contributed by atoms with Gasteiger partial charge in [0.25, 0.3) is 0 Å². The summed E-state index contributed by atoms with van der Waals surface area (Å²) >= 11 is 0. The van der Waals surface area contributed by atoms with Crippen molar-refractivity contribution >= 4 is 0 Å². The number of rotatable bonds is 4. The van der Waals surface area contributed by atoms with Gasteiger partial charge in [-0.15, -0.1) is 0 Å². The molecule has 0 spiro atoms. The molecule has 2 aliphatic heterocycles. The lowest BCUT2D eigenvalue weighted by Crippen LogP contribution is -2.45. The molecular formula is C21H27F3N4O. The molecule has 158 valence electrons. The number of nitrogens with zero attached hydrogens (tertiary/aromatic N) is 4. The monoisotopic (exact) mass is 408 g/mol. The van der Waals surface area contributed by atoms with Gasteiger partial charge in [0.2, 0.25) is 11.7 Å². The topological polar surface area (TPSA) is 45.4 Å². The molecule has 2 aromatic rings. The van der Waals surface area contributed by atoms with E-state index in [0.717, 1.165) is 38.1 Å². The van der Waals surface area contributed by atoms with Crippen LogP contribution >= 0.6 is 0 Å². The van der Waals surface area contributed by atoms with E-state index >= 15 is 0 Å². The summed E-state index contributed by atoms with van der Waals surface area (Å²) in [5, 5.41) is 3.94. The van der Waals surface area contributed by atoms with Crippen LogP contribution in [-0.4, -0.2) is 52.2 Å². The molecule has 0 amide bonds. The fourth-order valence-corrected chi connectivity index (χ4v) is 4.34. The van der Waals surface area contributed by atoms with Crippen LogP contribution in [0.15, 0.2) is 28.8 Å². The number of piperidine rings is 1. The van der Waals surface area contributed by atoms with Gasteiger partial charge in [0.1, 0.15) is 0 Å². The first kappa shape index (κ1) is 20.3.